The second kappa shape index (κ2) is 11.2. The fraction of sp³-hybridized carbons (Fsp3) is 0. The van der Waals surface area contributed by atoms with Crippen LogP contribution in [0.5, 0.6) is 0 Å². The van der Waals surface area contributed by atoms with Gasteiger partial charge in [-0.2, -0.15) is 0 Å². The summed E-state index contributed by atoms with van der Waals surface area (Å²) in [5.41, 5.74) is 9.34. The van der Waals surface area contributed by atoms with Crippen molar-refractivity contribution < 1.29 is 0 Å². The van der Waals surface area contributed by atoms with Gasteiger partial charge in [0.15, 0.2) is 5.82 Å². The van der Waals surface area contributed by atoms with Gasteiger partial charge in [-0.3, -0.25) is 4.98 Å². The van der Waals surface area contributed by atoms with E-state index in [0.717, 1.165) is 55.4 Å². The van der Waals surface area contributed by atoms with Gasteiger partial charge in [-0.05, 0) is 40.1 Å². The molecule has 49 heavy (non-hydrogen) atoms. The van der Waals surface area contributed by atoms with Gasteiger partial charge in [0.25, 0.3) is 0 Å². The molecule has 0 bridgehead atoms. The summed E-state index contributed by atoms with van der Waals surface area (Å²) in [6.07, 6.45) is 3.78. The van der Waals surface area contributed by atoms with Gasteiger partial charge in [-0.15, -0.1) is 11.3 Å². The first kappa shape index (κ1) is 27.8. The lowest BCUT2D eigenvalue weighted by Crippen LogP contribution is -1.95. The molecule has 0 N–H and O–H groups in total. The van der Waals surface area contributed by atoms with Crippen molar-refractivity contribution in [3.8, 4) is 45.0 Å². The average molecular weight is 643 g/mol. The molecule has 0 aliphatic carbocycles. The number of para-hydroxylation sites is 1. The Labute approximate surface area is 286 Å². The molecule has 0 amide bonds. The van der Waals surface area contributed by atoms with E-state index in [4.69, 9.17) is 15.0 Å². The molecule has 0 aliphatic heterocycles. The Hall–Kier alpha value is -6.30. The van der Waals surface area contributed by atoms with Crippen LogP contribution in [0.25, 0.3) is 97.8 Å². The highest BCUT2D eigenvalue weighted by atomic mass is 32.1. The molecule has 10 rings (SSSR count). The molecule has 0 fully saturated rings. The SMILES string of the molecule is c1ccc(-c2nc(-c3ccc(-c4ccc(-c5nc6ccncc6c6c5sc5ccccc56)c5ccccc45)cc3)nc3ccccc23)cc1. The van der Waals surface area contributed by atoms with Crippen LogP contribution in [0.15, 0.2) is 158 Å². The number of hydrogen-bond acceptors (Lipinski definition) is 5. The molecule has 4 heterocycles. The first-order valence-corrected chi connectivity index (χ1v) is 17.1. The molecule has 228 valence electrons. The van der Waals surface area contributed by atoms with E-state index < -0.39 is 0 Å². The van der Waals surface area contributed by atoms with Gasteiger partial charge in [-0.25, -0.2) is 15.0 Å². The van der Waals surface area contributed by atoms with Crippen LogP contribution in [-0.2, 0) is 0 Å². The number of fused-ring (bicyclic) bond motifs is 7. The highest BCUT2D eigenvalue weighted by Crippen LogP contribution is 2.45. The summed E-state index contributed by atoms with van der Waals surface area (Å²) in [5.74, 6) is 0.717. The maximum absolute atomic E-state index is 5.27. The first-order valence-electron chi connectivity index (χ1n) is 16.3. The molecule has 0 saturated carbocycles. The number of aromatic nitrogens is 4. The van der Waals surface area contributed by atoms with E-state index in [2.05, 4.69) is 126 Å². The third-order valence-electron chi connectivity index (χ3n) is 9.39. The molecule has 0 unspecified atom stereocenters. The minimum Gasteiger partial charge on any atom is -0.264 e. The van der Waals surface area contributed by atoms with Crippen LogP contribution < -0.4 is 0 Å². The van der Waals surface area contributed by atoms with Crippen LogP contribution in [0.4, 0.5) is 0 Å². The standard InChI is InChI=1S/C44H26N4S/c1-2-10-28(11-3-1)41-34-14-6-8-16-37(34)47-44(48-41)29-20-18-27(19-21-29)30-22-23-33(32-13-5-4-12-31(30)32)42-43-40(35-15-7-9-17-39(35)49-43)36-26-45-25-24-38(36)46-42/h1-26H. The van der Waals surface area contributed by atoms with Gasteiger partial charge < -0.3 is 0 Å². The van der Waals surface area contributed by atoms with Gasteiger partial charge in [0.2, 0.25) is 0 Å². The quantitative estimate of drug-likeness (QED) is 0.192. The second-order valence-corrected chi connectivity index (χ2v) is 13.3. The summed E-state index contributed by atoms with van der Waals surface area (Å²) in [6, 6.07) is 51.0. The van der Waals surface area contributed by atoms with Crippen LogP contribution in [0.2, 0.25) is 0 Å². The number of nitrogens with zero attached hydrogens (tertiary/aromatic N) is 4. The zero-order valence-electron chi connectivity index (χ0n) is 26.2. The Morgan fingerprint density at radius 3 is 1.90 bits per heavy atom. The third-order valence-corrected chi connectivity index (χ3v) is 10.6. The van der Waals surface area contributed by atoms with E-state index in [-0.39, 0.29) is 0 Å². The molecule has 6 aromatic carbocycles. The van der Waals surface area contributed by atoms with Gasteiger partial charge >= 0.3 is 0 Å². The van der Waals surface area contributed by atoms with Crippen molar-refractivity contribution in [2.45, 2.75) is 0 Å². The first-order chi connectivity index (χ1) is 24.3. The van der Waals surface area contributed by atoms with E-state index >= 15 is 0 Å². The van der Waals surface area contributed by atoms with Crippen molar-refractivity contribution in [1.82, 2.24) is 19.9 Å². The summed E-state index contributed by atoms with van der Waals surface area (Å²) in [5, 5.41) is 6.97. The monoisotopic (exact) mass is 642 g/mol. The lowest BCUT2D eigenvalue weighted by molar-refractivity contribution is 1.23. The number of pyridine rings is 2. The molecule has 4 aromatic heterocycles. The third kappa shape index (κ3) is 4.51. The highest BCUT2D eigenvalue weighted by Gasteiger charge is 2.19. The normalized spacial score (nSPS) is 11.7. The van der Waals surface area contributed by atoms with Gasteiger partial charge in [-0.1, -0.05) is 127 Å². The van der Waals surface area contributed by atoms with Crippen LogP contribution in [0, 0.1) is 0 Å². The Morgan fingerprint density at radius 2 is 1.06 bits per heavy atom. The number of rotatable bonds is 4. The van der Waals surface area contributed by atoms with Crippen molar-refractivity contribution in [3.63, 3.8) is 0 Å². The van der Waals surface area contributed by atoms with Crippen LogP contribution in [0.1, 0.15) is 0 Å². The Bertz CT molecular complexity index is 2880. The molecular formula is C44H26N4S. The average Bonchev–Trinajstić information content (AvgIpc) is 3.57. The molecule has 10 aromatic rings. The van der Waals surface area contributed by atoms with Crippen molar-refractivity contribution in [3.05, 3.63) is 158 Å². The van der Waals surface area contributed by atoms with Gasteiger partial charge in [0.1, 0.15) is 0 Å². The number of benzene rings is 6. The van der Waals surface area contributed by atoms with Crippen molar-refractivity contribution >= 4 is 64.1 Å². The van der Waals surface area contributed by atoms with E-state index in [1.165, 1.54) is 36.5 Å². The lowest BCUT2D eigenvalue weighted by atomic mass is 9.92. The van der Waals surface area contributed by atoms with Gasteiger partial charge in [0.05, 0.1) is 27.1 Å². The maximum atomic E-state index is 5.27. The second-order valence-electron chi connectivity index (χ2n) is 12.2. The maximum Gasteiger partial charge on any atom is 0.160 e. The molecule has 5 heteroatoms. The Kier molecular flexibility index (Phi) is 6.32. The predicted octanol–water partition coefficient (Wildman–Crippen LogP) is 11.8. The summed E-state index contributed by atoms with van der Waals surface area (Å²) in [7, 11) is 0. The highest BCUT2D eigenvalue weighted by molar-refractivity contribution is 7.26. The van der Waals surface area contributed by atoms with E-state index in [0.29, 0.717) is 5.82 Å². The lowest BCUT2D eigenvalue weighted by Gasteiger charge is -2.14. The van der Waals surface area contributed by atoms with Gasteiger partial charge in [0, 0.05) is 55.3 Å². The van der Waals surface area contributed by atoms with Crippen LogP contribution >= 0.6 is 11.3 Å². The van der Waals surface area contributed by atoms with Crippen molar-refractivity contribution in [1.29, 1.82) is 0 Å². The minimum absolute atomic E-state index is 0.717. The summed E-state index contributed by atoms with van der Waals surface area (Å²) in [4.78, 5) is 19.8. The zero-order chi connectivity index (χ0) is 32.3. The number of hydrogen-bond donors (Lipinski definition) is 0. The molecule has 4 nitrogen and oxygen atoms in total. The predicted molar refractivity (Wildman–Crippen MR) is 205 cm³/mol. The van der Waals surface area contributed by atoms with Crippen LogP contribution in [-0.4, -0.2) is 19.9 Å². The van der Waals surface area contributed by atoms with E-state index in [9.17, 15) is 0 Å². The molecule has 0 atom stereocenters. The topological polar surface area (TPSA) is 51.6 Å². The van der Waals surface area contributed by atoms with Crippen molar-refractivity contribution in [2.75, 3.05) is 0 Å². The zero-order valence-corrected chi connectivity index (χ0v) is 27.0. The fourth-order valence-electron chi connectivity index (χ4n) is 7.09. The Balaban J connectivity index is 1.11. The van der Waals surface area contributed by atoms with Crippen LogP contribution in [0.3, 0.4) is 0 Å². The summed E-state index contributed by atoms with van der Waals surface area (Å²) >= 11 is 1.80. The van der Waals surface area contributed by atoms with E-state index in [1.807, 2.05) is 36.7 Å². The molecular weight excluding hydrogens is 617 g/mol. The molecule has 0 radical (unpaired) electrons. The number of thiophene rings is 1. The molecule has 0 spiro atoms. The van der Waals surface area contributed by atoms with E-state index in [1.54, 1.807) is 11.3 Å². The summed E-state index contributed by atoms with van der Waals surface area (Å²) in [6.45, 7) is 0. The molecule has 0 saturated heterocycles. The Morgan fingerprint density at radius 1 is 0.408 bits per heavy atom. The molecule has 0 aliphatic rings. The van der Waals surface area contributed by atoms with Crippen molar-refractivity contribution in [2.24, 2.45) is 0 Å². The largest absolute Gasteiger partial charge is 0.264 e. The fourth-order valence-corrected chi connectivity index (χ4v) is 8.31. The smallest absolute Gasteiger partial charge is 0.160 e. The minimum atomic E-state index is 0.717. The summed E-state index contributed by atoms with van der Waals surface area (Å²) < 4.78 is 2.44.